The summed E-state index contributed by atoms with van der Waals surface area (Å²) < 4.78 is 0. The number of phenols is 3. The summed E-state index contributed by atoms with van der Waals surface area (Å²) in [5, 5.41) is 31.8. The molecule has 3 nitrogen and oxygen atoms in total. The largest absolute Gasteiger partial charge is 0.508 e. The summed E-state index contributed by atoms with van der Waals surface area (Å²) in [5.41, 5.74) is 0. The van der Waals surface area contributed by atoms with Crippen LogP contribution < -0.4 is 0 Å². The predicted octanol–water partition coefficient (Wildman–Crippen LogP) is 3.11. The molecular formula is C14H10O3. The number of aromatic hydroxyl groups is 3. The van der Waals surface area contributed by atoms with Gasteiger partial charge in [-0.3, -0.25) is 0 Å². The zero-order valence-corrected chi connectivity index (χ0v) is 8.88. The molecule has 3 aromatic carbocycles. The van der Waals surface area contributed by atoms with Gasteiger partial charge in [0.15, 0.2) is 0 Å². The Kier molecular flexibility index (Phi) is 1.89. The molecule has 0 radical (unpaired) electrons. The molecule has 3 heteroatoms. The number of fused-ring (bicyclic) bond motifs is 2. The summed E-state index contributed by atoms with van der Waals surface area (Å²) in [6, 6.07) is 11.6. The summed E-state index contributed by atoms with van der Waals surface area (Å²) in [6.45, 7) is 0. The van der Waals surface area contributed by atoms with E-state index in [1.807, 2.05) is 0 Å². The lowest BCUT2D eigenvalue weighted by atomic mass is 10.0. The monoisotopic (exact) mass is 226 g/mol. The number of hydrogen-bond donors (Lipinski definition) is 3. The van der Waals surface area contributed by atoms with Gasteiger partial charge in [-0.15, -0.1) is 0 Å². The van der Waals surface area contributed by atoms with Crippen molar-refractivity contribution in [3.8, 4) is 17.2 Å². The zero-order chi connectivity index (χ0) is 12.0. The molecule has 84 valence electrons. The normalized spacial score (nSPS) is 11.1. The van der Waals surface area contributed by atoms with Crippen LogP contribution in [0.15, 0.2) is 42.5 Å². The maximum Gasteiger partial charge on any atom is 0.131 e. The fourth-order valence-electron chi connectivity index (χ4n) is 2.12. The highest BCUT2D eigenvalue weighted by atomic mass is 16.3. The van der Waals surface area contributed by atoms with Crippen molar-refractivity contribution in [2.24, 2.45) is 0 Å². The first-order valence-electron chi connectivity index (χ1n) is 5.24. The van der Waals surface area contributed by atoms with Gasteiger partial charge >= 0.3 is 0 Å². The summed E-state index contributed by atoms with van der Waals surface area (Å²) in [6.07, 6.45) is 0. The topological polar surface area (TPSA) is 60.7 Å². The number of benzene rings is 3. The van der Waals surface area contributed by atoms with Crippen molar-refractivity contribution in [2.45, 2.75) is 0 Å². The molecule has 0 unspecified atom stereocenters. The quantitative estimate of drug-likeness (QED) is 0.407. The summed E-state index contributed by atoms with van der Waals surface area (Å²) >= 11 is 0. The molecule has 3 aromatic rings. The Hall–Kier alpha value is -2.42. The van der Waals surface area contributed by atoms with Crippen molar-refractivity contribution < 1.29 is 15.3 Å². The molecule has 0 aliphatic heterocycles. The molecule has 0 saturated carbocycles. The fraction of sp³-hybridized carbons (Fsp3) is 0. The first-order chi connectivity index (χ1) is 8.18. The third-order valence-corrected chi connectivity index (χ3v) is 2.95. The van der Waals surface area contributed by atoms with Gasteiger partial charge < -0.3 is 15.3 Å². The molecule has 0 heterocycles. The Labute approximate surface area is 97.2 Å². The van der Waals surface area contributed by atoms with Crippen LogP contribution in [0.1, 0.15) is 0 Å². The maximum atomic E-state index is 10.1. The van der Waals surface area contributed by atoms with Gasteiger partial charge in [0.25, 0.3) is 0 Å². The van der Waals surface area contributed by atoms with E-state index >= 15 is 0 Å². The van der Waals surface area contributed by atoms with Crippen LogP contribution in [-0.4, -0.2) is 15.3 Å². The SMILES string of the molecule is Oc1ccc2c(O)c3ccccc3c(O)c2c1. The lowest BCUT2D eigenvalue weighted by Crippen LogP contribution is -1.81. The van der Waals surface area contributed by atoms with Gasteiger partial charge in [-0.05, 0) is 18.2 Å². The smallest absolute Gasteiger partial charge is 0.131 e. The van der Waals surface area contributed by atoms with Crippen molar-refractivity contribution in [1.29, 1.82) is 0 Å². The number of hydrogen-bond acceptors (Lipinski definition) is 3. The van der Waals surface area contributed by atoms with Crippen LogP contribution in [0.2, 0.25) is 0 Å². The standard InChI is InChI=1S/C14H10O3/c15-8-5-6-11-12(7-8)14(17)10-4-2-1-3-9(10)13(11)16/h1-7,15-17H. The Morgan fingerprint density at radius 1 is 0.588 bits per heavy atom. The van der Waals surface area contributed by atoms with Crippen molar-refractivity contribution in [3.63, 3.8) is 0 Å². The highest BCUT2D eigenvalue weighted by Crippen LogP contribution is 2.42. The van der Waals surface area contributed by atoms with E-state index in [9.17, 15) is 15.3 Å². The molecule has 0 atom stereocenters. The molecule has 0 aliphatic rings. The Morgan fingerprint density at radius 3 is 1.76 bits per heavy atom. The van der Waals surface area contributed by atoms with Crippen LogP contribution in [0.25, 0.3) is 21.5 Å². The second-order valence-corrected chi connectivity index (χ2v) is 3.97. The maximum absolute atomic E-state index is 10.1. The van der Waals surface area contributed by atoms with Gasteiger partial charge in [-0.25, -0.2) is 0 Å². The first-order valence-corrected chi connectivity index (χ1v) is 5.24. The Morgan fingerprint density at radius 2 is 1.12 bits per heavy atom. The van der Waals surface area contributed by atoms with Crippen molar-refractivity contribution in [2.75, 3.05) is 0 Å². The zero-order valence-electron chi connectivity index (χ0n) is 8.88. The third-order valence-electron chi connectivity index (χ3n) is 2.95. The average molecular weight is 226 g/mol. The second-order valence-electron chi connectivity index (χ2n) is 3.97. The molecule has 0 saturated heterocycles. The number of phenolic OH excluding ortho intramolecular Hbond substituents is 3. The van der Waals surface area contributed by atoms with Crippen LogP contribution in [0.3, 0.4) is 0 Å². The van der Waals surface area contributed by atoms with Gasteiger partial charge in [-0.1, -0.05) is 24.3 Å². The van der Waals surface area contributed by atoms with Crippen LogP contribution >= 0.6 is 0 Å². The second kappa shape index (κ2) is 3.28. The van der Waals surface area contributed by atoms with Gasteiger partial charge in [-0.2, -0.15) is 0 Å². The summed E-state index contributed by atoms with van der Waals surface area (Å²) in [7, 11) is 0. The van der Waals surface area contributed by atoms with E-state index in [2.05, 4.69) is 0 Å². The van der Waals surface area contributed by atoms with Gasteiger partial charge in [0.05, 0.1) is 0 Å². The minimum absolute atomic E-state index is 0.0579. The Bertz CT molecular complexity index is 732. The van der Waals surface area contributed by atoms with Crippen molar-refractivity contribution in [1.82, 2.24) is 0 Å². The van der Waals surface area contributed by atoms with E-state index in [1.54, 1.807) is 30.3 Å². The molecule has 0 spiro atoms. The first kappa shape index (κ1) is 9.78. The molecule has 3 N–H and O–H groups in total. The van der Waals surface area contributed by atoms with Crippen molar-refractivity contribution >= 4 is 21.5 Å². The molecule has 0 aromatic heterocycles. The van der Waals surface area contributed by atoms with Crippen molar-refractivity contribution in [3.05, 3.63) is 42.5 Å². The van der Waals surface area contributed by atoms with E-state index in [0.29, 0.717) is 21.5 Å². The van der Waals surface area contributed by atoms with Gasteiger partial charge in [0.1, 0.15) is 17.2 Å². The van der Waals surface area contributed by atoms with E-state index < -0.39 is 0 Å². The predicted molar refractivity (Wildman–Crippen MR) is 66.4 cm³/mol. The molecule has 17 heavy (non-hydrogen) atoms. The van der Waals surface area contributed by atoms with Gasteiger partial charge in [0.2, 0.25) is 0 Å². The van der Waals surface area contributed by atoms with E-state index in [4.69, 9.17) is 0 Å². The molecule has 0 amide bonds. The molecule has 0 aliphatic carbocycles. The molecular weight excluding hydrogens is 216 g/mol. The van der Waals surface area contributed by atoms with E-state index in [1.165, 1.54) is 12.1 Å². The fourth-order valence-corrected chi connectivity index (χ4v) is 2.12. The van der Waals surface area contributed by atoms with Crippen LogP contribution in [-0.2, 0) is 0 Å². The van der Waals surface area contributed by atoms with Crippen LogP contribution in [0.4, 0.5) is 0 Å². The highest BCUT2D eigenvalue weighted by molar-refractivity contribution is 6.10. The highest BCUT2D eigenvalue weighted by Gasteiger charge is 2.12. The van der Waals surface area contributed by atoms with E-state index in [-0.39, 0.29) is 17.2 Å². The number of rotatable bonds is 0. The minimum atomic E-state index is 0.0579. The Balaban J connectivity index is 2.63. The summed E-state index contributed by atoms with van der Waals surface area (Å²) in [5.74, 6) is 0.250. The minimum Gasteiger partial charge on any atom is -0.508 e. The van der Waals surface area contributed by atoms with Crippen LogP contribution in [0.5, 0.6) is 17.2 Å². The molecule has 3 rings (SSSR count). The van der Waals surface area contributed by atoms with Crippen LogP contribution in [0, 0.1) is 0 Å². The summed E-state index contributed by atoms with van der Waals surface area (Å²) in [4.78, 5) is 0. The molecule has 0 bridgehead atoms. The lowest BCUT2D eigenvalue weighted by Gasteiger charge is -2.09. The molecule has 0 fully saturated rings. The average Bonchev–Trinajstić information content (AvgIpc) is 2.36. The van der Waals surface area contributed by atoms with Gasteiger partial charge in [0, 0.05) is 21.5 Å². The third kappa shape index (κ3) is 1.29. The van der Waals surface area contributed by atoms with E-state index in [0.717, 1.165) is 0 Å². The lowest BCUT2D eigenvalue weighted by molar-refractivity contribution is 0.470.